The van der Waals surface area contributed by atoms with Gasteiger partial charge in [-0.15, -0.1) is 0 Å². The van der Waals surface area contributed by atoms with E-state index < -0.39 is 0 Å². The average molecular weight is 337 g/mol. The van der Waals surface area contributed by atoms with E-state index in [1.165, 1.54) is 16.7 Å². The lowest BCUT2D eigenvalue weighted by Crippen LogP contribution is -1.93. The third-order valence-electron chi connectivity index (χ3n) is 2.27. The summed E-state index contributed by atoms with van der Waals surface area (Å²) < 4.78 is 0. The van der Waals surface area contributed by atoms with Crippen LogP contribution in [0.4, 0.5) is 0 Å². The summed E-state index contributed by atoms with van der Waals surface area (Å²) in [5, 5.41) is 0. The highest BCUT2D eigenvalue weighted by atomic mass is 14.1. The van der Waals surface area contributed by atoms with Crippen molar-refractivity contribution in [2.24, 2.45) is 5.92 Å². The van der Waals surface area contributed by atoms with Crippen LogP contribution in [0.25, 0.3) is 0 Å². The van der Waals surface area contributed by atoms with E-state index >= 15 is 0 Å². The summed E-state index contributed by atoms with van der Waals surface area (Å²) in [4.78, 5) is 0. The van der Waals surface area contributed by atoms with Gasteiger partial charge in [-0.05, 0) is 42.4 Å². The van der Waals surface area contributed by atoms with E-state index in [1.54, 1.807) is 0 Å². The van der Waals surface area contributed by atoms with E-state index in [1.807, 2.05) is 55.4 Å². The van der Waals surface area contributed by atoms with Gasteiger partial charge in [-0.25, -0.2) is 0 Å². The molecule has 0 saturated carbocycles. The second kappa shape index (κ2) is 33.8. The molecule has 24 heavy (non-hydrogen) atoms. The van der Waals surface area contributed by atoms with Crippen molar-refractivity contribution in [3.05, 3.63) is 34.9 Å². The molecule has 0 aromatic heterocycles. The monoisotopic (exact) mass is 337 g/mol. The van der Waals surface area contributed by atoms with Crippen molar-refractivity contribution in [1.82, 2.24) is 0 Å². The zero-order valence-corrected chi connectivity index (χ0v) is 20.0. The van der Waals surface area contributed by atoms with Crippen LogP contribution in [0.5, 0.6) is 0 Å². The molecule has 0 aliphatic heterocycles. The number of rotatable bonds is 1. The molecule has 1 aromatic carbocycles. The van der Waals surface area contributed by atoms with Gasteiger partial charge >= 0.3 is 0 Å². The van der Waals surface area contributed by atoms with E-state index in [0.29, 0.717) is 5.92 Å². The smallest absolute Gasteiger partial charge is 0 e. The standard InChI is InChI=1S/C11H16.C4H10.4C2H6.B/c1-8(2)11-7-5-6-9(3)10(11)4;1-4(2)3;4*1-2;/h5-8H,1-4H3;4H,1-3H3;4*1-2H3;. The molecule has 0 unspecified atom stereocenters. The Kier molecular flexibility index (Phi) is 54.5. The van der Waals surface area contributed by atoms with Crippen LogP contribution in [0.2, 0.25) is 0 Å². The first-order valence-electron chi connectivity index (χ1n) is 9.92. The summed E-state index contributed by atoms with van der Waals surface area (Å²) in [7, 11) is 0. The fourth-order valence-electron chi connectivity index (χ4n) is 1.40. The molecule has 1 heteroatoms. The molecule has 0 bridgehead atoms. The quantitative estimate of drug-likeness (QED) is 0.449. The Hall–Kier alpha value is -0.715. The molecule has 0 heterocycles. The molecule has 3 radical (unpaired) electrons. The summed E-state index contributed by atoms with van der Waals surface area (Å²) in [6.45, 7) is 31.3. The van der Waals surface area contributed by atoms with Crippen LogP contribution in [-0.2, 0) is 0 Å². The molecule has 1 rings (SSSR count). The van der Waals surface area contributed by atoms with Crippen LogP contribution in [0.3, 0.4) is 0 Å². The Morgan fingerprint density at radius 1 is 0.625 bits per heavy atom. The molecule has 0 atom stereocenters. The van der Waals surface area contributed by atoms with Crippen molar-refractivity contribution in [1.29, 1.82) is 0 Å². The highest BCUT2D eigenvalue weighted by Gasteiger charge is 2.03. The van der Waals surface area contributed by atoms with Gasteiger partial charge < -0.3 is 0 Å². The minimum absolute atomic E-state index is 0. The molecule has 1 aromatic rings. The van der Waals surface area contributed by atoms with Crippen molar-refractivity contribution >= 4 is 8.41 Å². The van der Waals surface area contributed by atoms with E-state index in [9.17, 15) is 0 Å². The molecule has 0 N–H and O–H groups in total. The van der Waals surface area contributed by atoms with Crippen LogP contribution in [-0.4, -0.2) is 8.41 Å². The third kappa shape index (κ3) is 29.3. The first-order chi connectivity index (χ1) is 10.9. The normalized spacial score (nSPS) is 7.38. The lowest BCUT2D eigenvalue weighted by Gasteiger charge is -2.10. The molecule has 0 fully saturated rings. The summed E-state index contributed by atoms with van der Waals surface area (Å²) in [6, 6.07) is 6.52. The third-order valence-corrected chi connectivity index (χ3v) is 2.27. The van der Waals surface area contributed by atoms with Crippen molar-refractivity contribution in [2.75, 3.05) is 0 Å². The molecular formula is C23H50B. The molecular weight excluding hydrogens is 287 g/mol. The first-order valence-corrected chi connectivity index (χ1v) is 9.92. The highest BCUT2D eigenvalue weighted by molar-refractivity contribution is 5.75. The van der Waals surface area contributed by atoms with Gasteiger partial charge in [-0.2, -0.15) is 0 Å². The predicted molar refractivity (Wildman–Crippen MR) is 122 cm³/mol. The van der Waals surface area contributed by atoms with Gasteiger partial charge in [-0.3, -0.25) is 0 Å². The maximum atomic E-state index is 2.24. The summed E-state index contributed by atoms with van der Waals surface area (Å²) >= 11 is 0. The van der Waals surface area contributed by atoms with E-state index in [0.717, 1.165) is 5.92 Å². The molecule has 145 valence electrons. The second-order valence-corrected chi connectivity index (χ2v) is 5.18. The Morgan fingerprint density at radius 2 is 0.917 bits per heavy atom. The first kappa shape index (κ1) is 38.7. The van der Waals surface area contributed by atoms with Crippen LogP contribution < -0.4 is 0 Å². The maximum absolute atomic E-state index is 2.24. The SMILES string of the molecule is CC.CC.CC.CC.CC(C)C.Cc1cccc(C(C)C)c1C.[B]. The van der Waals surface area contributed by atoms with Gasteiger partial charge in [0.1, 0.15) is 0 Å². The van der Waals surface area contributed by atoms with E-state index in [2.05, 4.69) is 66.7 Å². The predicted octanol–water partition coefficient (Wildman–Crippen LogP) is 8.81. The topological polar surface area (TPSA) is 0 Å². The Bertz CT molecular complexity index is 285. The largest absolute Gasteiger partial charge is 0.0683 e. The molecule has 0 aliphatic carbocycles. The molecule has 0 spiro atoms. The van der Waals surface area contributed by atoms with Gasteiger partial charge in [0.2, 0.25) is 0 Å². The fourth-order valence-corrected chi connectivity index (χ4v) is 1.40. The lowest BCUT2D eigenvalue weighted by molar-refractivity contribution is 0.737. The van der Waals surface area contributed by atoms with Gasteiger partial charge in [0.25, 0.3) is 0 Å². The number of hydrogen-bond acceptors (Lipinski definition) is 0. The van der Waals surface area contributed by atoms with Crippen molar-refractivity contribution in [2.45, 2.75) is 110 Å². The van der Waals surface area contributed by atoms with Crippen molar-refractivity contribution in [3.63, 3.8) is 0 Å². The van der Waals surface area contributed by atoms with Gasteiger partial charge in [0.05, 0.1) is 0 Å². The Morgan fingerprint density at radius 3 is 1.12 bits per heavy atom. The van der Waals surface area contributed by atoms with Crippen LogP contribution in [0.15, 0.2) is 18.2 Å². The maximum Gasteiger partial charge on any atom is 0 e. The van der Waals surface area contributed by atoms with E-state index in [4.69, 9.17) is 0 Å². The van der Waals surface area contributed by atoms with Crippen molar-refractivity contribution < 1.29 is 0 Å². The minimum atomic E-state index is 0. The molecule has 0 saturated heterocycles. The van der Waals surface area contributed by atoms with Crippen LogP contribution in [0.1, 0.15) is 113 Å². The number of aryl methyl sites for hydroxylation is 1. The van der Waals surface area contributed by atoms with Gasteiger partial charge in [-0.1, -0.05) is 108 Å². The summed E-state index contributed by atoms with van der Waals surface area (Å²) in [5.74, 6) is 1.48. The van der Waals surface area contributed by atoms with Crippen molar-refractivity contribution in [3.8, 4) is 0 Å². The molecule has 0 nitrogen and oxygen atoms in total. The fraction of sp³-hybridized carbons (Fsp3) is 0.739. The Balaban J connectivity index is -0.0000000530. The van der Waals surface area contributed by atoms with Gasteiger partial charge in [0.15, 0.2) is 0 Å². The molecule has 0 amide bonds. The second-order valence-electron chi connectivity index (χ2n) is 5.18. The van der Waals surface area contributed by atoms with Gasteiger partial charge in [0, 0.05) is 8.41 Å². The highest BCUT2D eigenvalue weighted by Crippen LogP contribution is 2.20. The summed E-state index contributed by atoms with van der Waals surface area (Å²) in [6.07, 6.45) is 0. The minimum Gasteiger partial charge on any atom is -0.0683 e. The number of hydrogen-bond donors (Lipinski definition) is 0. The lowest BCUT2D eigenvalue weighted by atomic mass is 9.95. The summed E-state index contributed by atoms with van der Waals surface area (Å²) in [5.41, 5.74) is 4.32. The van der Waals surface area contributed by atoms with E-state index in [-0.39, 0.29) is 8.41 Å². The average Bonchev–Trinajstić information content (AvgIpc) is 2.57. The number of benzene rings is 1. The Labute approximate surface area is 159 Å². The van der Waals surface area contributed by atoms with Crippen LogP contribution >= 0.6 is 0 Å². The zero-order chi connectivity index (χ0) is 20.0. The zero-order valence-electron chi connectivity index (χ0n) is 20.0. The van der Waals surface area contributed by atoms with Crippen LogP contribution in [0, 0.1) is 19.8 Å². The molecule has 0 aliphatic rings.